The molecular formula is C18H19NO8. The van der Waals surface area contributed by atoms with Crippen LogP contribution in [-0.4, -0.2) is 33.3 Å². The summed E-state index contributed by atoms with van der Waals surface area (Å²) >= 11 is 0. The normalized spacial score (nSPS) is 16.0. The third-order valence-corrected chi connectivity index (χ3v) is 4.09. The van der Waals surface area contributed by atoms with E-state index < -0.39 is 18.2 Å². The summed E-state index contributed by atoms with van der Waals surface area (Å²) in [6.45, 7) is 3.58. The minimum atomic E-state index is -0.895. The molecule has 0 amide bonds. The van der Waals surface area contributed by atoms with E-state index >= 15 is 0 Å². The zero-order chi connectivity index (χ0) is 19.6. The Kier molecular flexibility index (Phi) is 5.11. The van der Waals surface area contributed by atoms with Crippen molar-refractivity contribution in [3.05, 3.63) is 46.7 Å². The molecule has 2 aliphatic heterocycles. The van der Waals surface area contributed by atoms with Crippen molar-refractivity contribution in [1.29, 1.82) is 0 Å². The Labute approximate surface area is 155 Å². The molecule has 0 spiro atoms. The summed E-state index contributed by atoms with van der Waals surface area (Å²) in [7, 11) is 2.41. The first-order valence-electron chi connectivity index (χ1n) is 8.04. The van der Waals surface area contributed by atoms with Crippen molar-refractivity contribution < 1.29 is 38.0 Å². The van der Waals surface area contributed by atoms with Gasteiger partial charge in [-0.1, -0.05) is 6.07 Å². The number of carbonyl (C=O) groups is 2. The van der Waals surface area contributed by atoms with Gasteiger partial charge >= 0.3 is 12.3 Å². The maximum Gasteiger partial charge on any atom is 0.513 e. The summed E-state index contributed by atoms with van der Waals surface area (Å²) in [5.74, 6) is 0.880. The van der Waals surface area contributed by atoms with Crippen LogP contribution in [0.15, 0.2) is 41.1 Å². The Morgan fingerprint density at radius 3 is 2.07 bits per heavy atom. The molecule has 2 aliphatic rings. The molecule has 9 nitrogen and oxygen atoms in total. The average molecular weight is 377 g/mol. The van der Waals surface area contributed by atoms with Crippen molar-refractivity contribution in [2.75, 3.05) is 21.0 Å². The smallest absolute Gasteiger partial charge is 0.454 e. The number of ether oxygens (including phenoxy) is 6. The molecule has 9 heteroatoms. The second-order valence-electron chi connectivity index (χ2n) is 5.76. The van der Waals surface area contributed by atoms with Crippen LogP contribution < -0.4 is 14.8 Å². The Balaban J connectivity index is 2.08. The second-order valence-corrected chi connectivity index (χ2v) is 5.76. The lowest BCUT2D eigenvalue weighted by Crippen LogP contribution is -2.29. The van der Waals surface area contributed by atoms with Gasteiger partial charge in [-0.2, -0.15) is 0 Å². The van der Waals surface area contributed by atoms with Crippen LogP contribution in [0.5, 0.6) is 11.5 Å². The summed E-state index contributed by atoms with van der Waals surface area (Å²) < 4.78 is 30.7. The number of carbonyl (C=O) groups excluding carboxylic acids is 2. The Morgan fingerprint density at radius 2 is 1.52 bits per heavy atom. The molecule has 1 N–H and O–H groups in total. The van der Waals surface area contributed by atoms with Gasteiger partial charge in [-0.15, -0.1) is 0 Å². The van der Waals surface area contributed by atoms with Crippen molar-refractivity contribution in [3.8, 4) is 11.5 Å². The van der Waals surface area contributed by atoms with E-state index in [2.05, 4.69) is 14.8 Å². The van der Waals surface area contributed by atoms with Crippen LogP contribution in [0.3, 0.4) is 0 Å². The Bertz CT molecular complexity index is 802. The van der Waals surface area contributed by atoms with Gasteiger partial charge < -0.3 is 33.7 Å². The molecule has 27 heavy (non-hydrogen) atoms. The first-order chi connectivity index (χ1) is 12.9. The van der Waals surface area contributed by atoms with Crippen molar-refractivity contribution >= 4 is 12.3 Å². The predicted octanol–water partition coefficient (Wildman–Crippen LogP) is 3.13. The average Bonchev–Trinajstić information content (AvgIpc) is 3.12. The molecule has 0 unspecified atom stereocenters. The van der Waals surface area contributed by atoms with E-state index in [1.165, 1.54) is 14.2 Å². The van der Waals surface area contributed by atoms with Crippen LogP contribution in [0.1, 0.15) is 25.3 Å². The molecule has 2 heterocycles. The van der Waals surface area contributed by atoms with Gasteiger partial charge in [-0.05, 0) is 31.5 Å². The zero-order valence-electron chi connectivity index (χ0n) is 15.3. The number of fused-ring (bicyclic) bond motifs is 1. The molecule has 0 atom stereocenters. The number of allylic oxidation sites excluding steroid dienone is 2. The molecule has 0 bridgehead atoms. The molecule has 0 fully saturated rings. The summed E-state index contributed by atoms with van der Waals surface area (Å²) in [6.07, 6.45) is -1.79. The molecule has 0 saturated heterocycles. The van der Waals surface area contributed by atoms with Gasteiger partial charge in [0.05, 0.1) is 25.6 Å². The van der Waals surface area contributed by atoms with Gasteiger partial charge in [0.25, 0.3) is 0 Å². The lowest BCUT2D eigenvalue weighted by Gasteiger charge is -2.30. The van der Waals surface area contributed by atoms with E-state index in [4.69, 9.17) is 18.9 Å². The van der Waals surface area contributed by atoms with Crippen molar-refractivity contribution in [2.45, 2.75) is 19.8 Å². The fourth-order valence-corrected chi connectivity index (χ4v) is 2.89. The van der Waals surface area contributed by atoms with Gasteiger partial charge in [0.1, 0.15) is 17.4 Å². The standard InChI is InChI=1S/C18H19NO8/c1-9-15(26-17(20)22-3)14(16(10(2)19-9)27-18(21)23-4)11-5-6-12-13(7-11)25-8-24-12/h5-7,14,19H,8H2,1-4H3. The van der Waals surface area contributed by atoms with Gasteiger partial charge in [-0.25, -0.2) is 9.59 Å². The van der Waals surface area contributed by atoms with E-state index in [9.17, 15) is 9.59 Å². The molecule has 0 saturated carbocycles. The molecule has 0 aliphatic carbocycles. The topological polar surface area (TPSA) is 102 Å². The summed E-state index contributed by atoms with van der Waals surface area (Å²) in [6, 6.07) is 5.24. The summed E-state index contributed by atoms with van der Waals surface area (Å²) in [5, 5.41) is 3.03. The number of nitrogens with one attached hydrogen (secondary N) is 1. The highest BCUT2D eigenvalue weighted by Crippen LogP contribution is 2.43. The Hall–Kier alpha value is -3.36. The highest BCUT2D eigenvalue weighted by molar-refractivity contribution is 5.65. The lowest BCUT2D eigenvalue weighted by molar-refractivity contribution is 0.0786. The lowest BCUT2D eigenvalue weighted by atomic mass is 9.90. The molecule has 0 aromatic heterocycles. The van der Waals surface area contributed by atoms with Crippen LogP contribution in [0.2, 0.25) is 0 Å². The first-order valence-corrected chi connectivity index (χ1v) is 8.04. The van der Waals surface area contributed by atoms with Crippen molar-refractivity contribution in [2.24, 2.45) is 0 Å². The molecule has 1 aromatic rings. The quantitative estimate of drug-likeness (QED) is 0.796. The monoisotopic (exact) mass is 377 g/mol. The Morgan fingerprint density at radius 1 is 0.963 bits per heavy atom. The van der Waals surface area contributed by atoms with Gasteiger partial charge in [0.15, 0.2) is 11.5 Å². The fourth-order valence-electron chi connectivity index (χ4n) is 2.89. The highest BCUT2D eigenvalue weighted by Gasteiger charge is 2.36. The van der Waals surface area contributed by atoms with Gasteiger partial charge in [-0.3, -0.25) is 0 Å². The largest absolute Gasteiger partial charge is 0.513 e. The van der Waals surface area contributed by atoms with Gasteiger partial charge in [0, 0.05) is 0 Å². The number of methoxy groups -OCH3 is 2. The first kappa shape index (κ1) is 18.4. The molecule has 0 radical (unpaired) electrons. The van der Waals surface area contributed by atoms with Crippen LogP contribution >= 0.6 is 0 Å². The predicted molar refractivity (Wildman–Crippen MR) is 90.8 cm³/mol. The van der Waals surface area contributed by atoms with Crippen LogP contribution in [-0.2, 0) is 18.9 Å². The van der Waals surface area contributed by atoms with Crippen molar-refractivity contribution in [3.63, 3.8) is 0 Å². The zero-order valence-corrected chi connectivity index (χ0v) is 15.3. The van der Waals surface area contributed by atoms with Crippen molar-refractivity contribution in [1.82, 2.24) is 5.32 Å². The number of benzene rings is 1. The highest BCUT2D eigenvalue weighted by atomic mass is 16.7. The van der Waals surface area contributed by atoms with E-state index in [1.54, 1.807) is 32.0 Å². The summed E-state index contributed by atoms with van der Waals surface area (Å²) in [4.78, 5) is 23.5. The molecule has 1 aromatic carbocycles. The van der Waals surface area contributed by atoms with E-state index in [0.29, 0.717) is 28.5 Å². The third-order valence-electron chi connectivity index (χ3n) is 4.09. The molecular weight excluding hydrogens is 358 g/mol. The van der Waals surface area contributed by atoms with Crippen LogP contribution in [0, 0.1) is 0 Å². The van der Waals surface area contributed by atoms with Gasteiger partial charge in [0.2, 0.25) is 6.79 Å². The molecule has 3 rings (SSSR count). The number of dihydropyridines is 1. The maximum atomic E-state index is 11.8. The summed E-state index contributed by atoms with van der Waals surface area (Å²) in [5.41, 5.74) is 1.80. The van der Waals surface area contributed by atoms with E-state index in [1.807, 2.05) is 0 Å². The van der Waals surface area contributed by atoms with Crippen LogP contribution in [0.4, 0.5) is 9.59 Å². The van der Waals surface area contributed by atoms with E-state index in [0.717, 1.165) is 0 Å². The third kappa shape index (κ3) is 3.62. The minimum Gasteiger partial charge on any atom is -0.454 e. The fraction of sp³-hybridized carbons (Fsp3) is 0.333. The van der Waals surface area contributed by atoms with E-state index in [-0.39, 0.29) is 18.3 Å². The number of hydrogen-bond acceptors (Lipinski definition) is 9. The maximum absolute atomic E-state index is 11.8. The second kappa shape index (κ2) is 7.48. The van der Waals surface area contributed by atoms with Crippen LogP contribution in [0.25, 0.3) is 0 Å². The minimum absolute atomic E-state index is 0.117. The number of hydrogen-bond donors (Lipinski definition) is 1. The number of rotatable bonds is 3. The SMILES string of the molecule is COC(=O)OC1=C(C)NC(C)=C(OC(=O)OC)C1c1ccc2c(c1)OCO2. The molecule has 144 valence electrons.